The van der Waals surface area contributed by atoms with E-state index in [4.69, 9.17) is 0 Å². The second-order valence-corrected chi connectivity index (χ2v) is 5.15. The molecule has 6 heteroatoms. The predicted octanol–water partition coefficient (Wildman–Crippen LogP) is 3.81. The SMILES string of the molecule is CCN(C(=O)C(F)(F)F)c1ccc2c(c1)C(=O)c1ccccc1-2. The molecule has 0 aromatic heterocycles. The average Bonchev–Trinajstić information content (AvgIpc) is 2.81. The number of anilines is 1. The summed E-state index contributed by atoms with van der Waals surface area (Å²) in [6.45, 7) is 1.31. The highest BCUT2D eigenvalue weighted by Crippen LogP contribution is 2.38. The number of amides is 1. The second kappa shape index (κ2) is 5.22. The van der Waals surface area contributed by atoms with Crippen LogP contribution in [0.15, 0.2) is 42.5 Å². The minimum absolute atomic E-state index is 0.0646. The lowest BCUT2D eigenvalue weighted by atomic mass is 10.1. The number of fused-ring (bicyclic) bond motifs is 3. The number of alkyl halides is 3. The lowest BCUT2D eigenvalue weighted by Crippen LogP contribution is -2.41. The van der Waals surface area contributed by atoms with Crippen molar-refractivity contribution in [3.8, 4) is 11.1 Å². The Hall–Kier alpha value is -2.63. The van der Waals surface area contributed by atoms with E-state index in [9.17, 15) is 22.8 Å². The van der Waals surface area contributed by atoms with Crippen LogP contribution in [0.25, 0.3) is 11.1 Å². The van der Waals surface area contributed by atoms with Gasteiger partial charge in [0, 0.05) is 23.4 Å². The van der Waals surface area contributed by atoms with Crippen LogP contribution < -0.4 is 4.90 Å². The first-order chi connectivity index (χ1) is 10.8. The van der Waals surface area contributed by atoms with Gasteiger partial charge in [0.2, 0.25) is 0 Å². The van der Waals surface area contributed by atoms with Crippen molar-refractivity contribution in [3.05, 3.63) is 53.6 Å². The van der Waals surface area contributed by atoms with Crippen LogP contribution in [0.4, 0.5) is 18.9 Å². The summed E-state index contributed by atoms with van der Waals surface area (Å²) in [6, 6.07) is 11.4. The van der Waals surface area contributed by atoms with Crippen LogP contribution in [0.1, 0.15) is 22.8 Å². The van der Waals surface area contributed by atoms with E-state index in [0.29, 0.717) is 21.6 Å². The van der Waals surface area contributed by atoms with Gasteiger partial charge in [0.05, 0.1) is 0 Å². The van der Waals surface area contributed by atoms with Crippen LogP contribution >= 0.6 is 0 Å². The number of halogens is 3. The Morgan fingerprint density at radius 1 is 1.00 bits per heavy atom. The number of carbonyl (C=O) groups excluding carboxylic acids is 2. The third-order valence-corrected chi connectivity index (χ3v) is 3.83. The Kier molecular flexibility index (Phi) is 3.47. The van der Waals surface area contributed by atoms with Gasteiger partial charge in [-0.25, -0.2) is 0 Å². The molecule has 0 unspecified atom stereocenters. The van der Waals surface area contributed by atoms with Crippen molar-refractivity contribution in [2.45, 2.75) is 13.1 Å². The minimum atomic E-state index is -4.96. The highest BCUT2D eigenvalue weighted by molar-refractivity contribution is 6.22. The van der Waals surface area contributed by atoms with Crippen LogP contribution in [-0.2, 0) is 4.79 Å². The first kappa shape index (κ1) is 15.3. The Morgan fingerprint density at radius 2 is 1.61 bits per heavy atom. The van der Waals surface area contributed by atoms with E-state index in [1.165, 1.54) is 19.1 Å². The van der Waals surface area contributed by atoms with Crippen LogP contribution in [0, 0.1) is 0 Å². The summed E-state index contributed by atoms with van der Waals surface area (Å²) in [4.78, 5) is 24.5. The zero-order valence-corrected chi connectivity index (χ0v) is 12.1. The van der Waals surface area contributed by atoms with E-state index < -0.39 is 12.1 Å². The van der Waals surface area contributed by atoms with Gasteiger partial charge in [-0.15, -0.1) is 0 Å². The van der Waals surface area contributed by atoms with Crippen LogP contribution in [0.3, 0.4) is 0 Å². The fourth-order valence-corrected chi connectivity index (χ4v) is 2.78. The molecule has 0 atom stereocenters. The summed E-state index contributed by atoms with van der Waals surface area (Å²) in [5.74, 6) is -2.18. The lowest BCUT2D eigenvalue weighted by molar-refractivity contribution is -0.170. The molecule has 0 bridgehead atoms. The van der Waals surface area contributed by atoms with E-state index >= 15 is 0 Å². The quantitative estimate of drug-likeness (QED) is 0.720. The highest BCUT2D eigenvalue weighted by Gasteiger charge is 2.42. The van der Waals surface area contributed by atoms with Crippen LogP contribution in [-0.4, -0.2) is 24.4 Å². The van der Waals surface area contributed by atoms with Gasteiger partial charge in [0.1, 0.15) is 0 Å². The Morgan fingerprint density at radius 3 is 2.22 bits per heavy atom. The Bertz CT molecular complexity index is 812. The zero-order valence-electron chi connectivity index (χ0n) is 12.1. The monoisotopic (exact) mass is 319 g/mol. The predicted molar refractivity (Wildman–Crippen MR) is 79.4 cm³/mol. The zero-order chi connectivity index (χ0) is 16.8. The van der Waals surface area contributed by atoms with Crippen LogP contribution in [0.2, 0.25) is 0 Å². The van der Waals surface area contributed by atoms with E-state index in [1.807, 2.05) is 0 Å². The normalized spacial score (nSPS) is 12.8. The molecule has 2 aromatic carbocycles. The van der Waals surface area contributed by atoms with E-state index in [1.54, 1.807) is 30.3 Å². The van der Waals surface area contributed by atoms with Gasteiger partial charge < -0.3 is 4.90 Å². The molecular weight excluding hydrogens is 307 g/mol. The number of rotatable bonds is 2. The molecule has 0 spiro atoms. The van der Waals surface area contributed by atoms with E-state index in [-0.39, 0.29) is 18.0 Å². The standard InChI is InChI=1S/C17H12F3NO2/c1-2-21(16(23)17(18,19)20)10-7-8-12-11-5-3-4-6-13(11)15(22)14(12)9-10/h3-9H,2H2,1H3. The number of benzene rings is 2. The Labute approximate surface area is 130 Å². The molecule has 23 heavy (non-hydrogen) atoms. The maximum Gasteiger partial charge on any atom is 0.471 e. The third kappa shape index (κ3) is 2.40. The summed E-state index contributed by atoms with van der Waals surface area (Å²) in [6.07, 6.45) is -4.96. The minimum Gasteiger partial charge on any atom is -0.305 e. The third-order valence-electron chi connectivity index (χ3n) is 3.83. The maximum atomic E-state index is 12.7. The summed E-state index contributed by atoms with van der Waals surface area (Å²) >= 11 is 0. The van der Waals surface area contributed by atoms with Crippen molar-refractivity contribution in [1.82, 2.24) is 0 Å². The molecule has 3 rings (SSSR count). The molecule has 3 nitrogen and oxygen atoms in total. The molecule has 0 saturated heterocycles. The second-order valence-electron chi connectivity index (χ2n) is 5.15. The summed E-state index contributed by atoms with van der Waals surface area (Å²) in [7, 11) is 0. The summed E-state index contributed by atoms with van der Waals surface area (Å²) in [5, 5.41) is 0. The summed E-state index contributed by atoms with van der Waals surface area (Å²) < 4.78 is 38.0. The van der Waals surface area contributed by atoms with Crippen molar-refractivity contribution in [2.24, 2.45) is 0 Å². The maximum absolute atomic E-state index is 12.7. The Balaban J connectivity index is 2.06. The molecule has 0 radical (unpaired) electrons. The van der Waals surface area contributed by atoms with Crippen molar-refractivity contribution in [3.63, 3.8) is 0 Å². The lowest BCUT2D eigenvalue weighted by Gasteiger charge is -2.22. The molecule has 0 saturated carbocycles. The smallest absolute Gasteiger partial charge is 0.305 e. The van der Waals surface area contributed by atoms with Gasteiger partial charge in [-0.05, 0) is 30.2 Å². The molecule has 0 N–H and O–H groups in total. The molecule has 1 aliphatic carbocycles. The number of nitrogens with zero attached hydrogens (tertiary/aromatic N) is 1. The van der Waals surface area contributed by atoms with Gasteiger partial charge in [0.25, 0.3) is 0 Å². The van der Waals surface area contributed by atoms with E-state index in [2.05, 4.69) is 0 Å². The molecule has 0 fully saturated rings. The highest BCUT2D eigenvalue weighted by atomic mass is 19.4. The average molecular weight is 319 g/mol. The first-order valence-electron chi connectivity index (χ1n) is 7.01. The van der Waals surface area contributed by atoms with Crippen LogP contribution in [0.5, 0.6) is 0 Å². The molecule has 0 aliphatic heterocycles. The topological polar surface area (TPSA) is 37.4 Å². The van der Waals surface area contributed by atoms with Gasteiger partial charge in [-0.3, -0.25) is 9.59 Å². The van der Waals surface area contributed by atoms with Crippen molar-refractivity contribution in [2.75, 3.05) is 11.4 Å². The van der Waals surface area contributed by atoms with Gasteiger partial charge in [-0.2, -0.15) is 13.2 Å². The molecular formula is C17H12F3NO2. The van der Waals surface area contributed by atoms with Crippen molar-refractivity contribution >= 4 is 17.4 Å². The van der Waals surface area contributed by atoms with Gasteiger partial charge >= 0.3 is 12.1 Å². The fraction of sp³-hybridized carbons (Fsp3) is 0.176. The molecule has 118 valence electrons. The molecule has 1 aliphatic rings. The number of ketones is 1. The number of hydrogen-bond donors (Lipinski definition) is 0. The van der Waals surface area contributed by atoms with Crippen molar-refractivity contribution in [1.29, 1.82) is 0 Å². The van der Waals surface area contributed by atoms with Gasteiger partial charge in [-0.1, -0.05) is 30.3 Å². The van der Waals surface area contributed by atoms with Crippen molar-refractivity contribution < 1.29 is 22.8 Å². The molecule has 2 aromatic rings. The molecule has 1 amide bonds. The summed E-state index contributed by atoms with van der Waals surface area (Å²) in [5.41, 5.74) is 2.32. The first-order valence-corrected chi connectivity index (χ1v) is 7.01. The molecule has 0 heterocycles. The largest absolute Gasteiger partial charge is 0.471 e. The van der Waals surface area contributed by atoms with Gasteiger partial charge in [0.15, 0.2) is 5.78 Å². The number of hydrogen-bond acceptors (Lipinski definition) is 2. The number of carbonyl (C=O) groups is 2. The fourth-order valence-electron chi connectivity index (χ4n) is 2.78. The van der Waals surface area contributed by atoms with E-state index in [0.717, 1.165) is 5.56 Å².